The average Bonchev–Trinajstić information content (AvgIpc) is 2.52. The molecule has 0 aromatic carbocycles. The minimum absolute atomic E-state index is 0.00574. The topological polar surface area (TPSA) is 37.8 Å². The predicted molar refractivity (Wildman–Crippen MR) is 65.1 cm³/mol. The molecule has 0 saturated carbocycles. The number of nitrogens with zero attached hydrogens (tertiary/aromatic N) is 2. The monoisotopic (exact) mass is 223 g/mol. The van der Waals surface area contributed by atoms with E-state index >= 15 is 0 Å². The van der Waals surface area contributed by atoms with Crippen molar-refractivity contribution in [3.05, 3.63) is 5.82 Å². The highest BCUT2D eigenvalue weighted by Gasteiger charge is 2.19. The minimum atomic E-state index is 0.00574. The quantitative estimate of drug-likeness (QED) is 0.801. The second-order valence-electron chi connectivity index (χ2n) is 4.63. The van der Waals surface area contributed by atoms with Gasteiger partial charge in [0.25, 0.3) is 0 Å². The first-order valence-corrected chi connectivity index (χ1v) is 5.75. The van der Waals surface area contributed by atoms with Gasteiger partial charge < -0.3 is 5.32 Å². The summed E-state index contributed by atoms with van der Waals surface area (Å²) < 4.78 is 4.32. The Morgan fingerprint density at radius 3 is 2.67 bits per heavy atom. The molecule has 0 saturated heterocycles. The molecule has 0 spiro atoms. The van der Waals surface area contributed by atoms with Crippen LogP contribution in [0.15, 0.2) is 0 Å². The average molecular weight is 223 g/mol. The number of hydrogen-bond donors (Lipinski definition) is 1. The van der Waals surface area contributed by atoms with E-state index in [-0.39, 0.29) is 11.5 Å². The Morgan fingerprint density at radius 1 is 1.53 bits per heavy atom. The molecule has 1 N–H and O–H groups in total. The fraction of sp³-hybridized carbons (Fsp3) is 0.636. The third kappa shape index (κ3) is 3.52. The molecular formula is C11H17N3S. The van der Waals surface area contributed by atoms with Crippen LogP contribution in [0, 0.1) is 12.3 Å². The van der Waals surface area contributed by atoms with E-state index in [4.69, 9.17) is 6.42 Å². The SMILES string of the molecule is C#CCC(C)Nc1nc(C(C)(C)C)ns1. The molecule has 1 unspecified atom stereocenters. The van der Waals surface area contributed by atoms with E-state index in [9.17, 15) is 0 Å². The zero-order valence-corrected chi connectivity index (χ0v) is 10.5. The van der Waals surface area contributed by atoms with Crippen molar-refractivity contribution in [2.75, 3.05) is 5.32 Å². The Bertz CT molecular complexity index is 357. The number of terminal acetylenes is 1. The first kappa shape index (κ1) is 12.0. The second kappa shape index (κ2) is 4.63. The van der Waals surface area contributed by atoms with Crippen LogP contribution < -0.4 is 5.32 Å². The molecule has 15 heavy (non-hydrogen) atoms. The van der Waals surface area contributed by atoms with Gasteiger partial charge >= 0.3 is 0 Å². The van der Waals surface area contributed by atoms with Crippen LogP contribution >= 0.6 is 11.5 Å². The molecule has 0 bridgehead atoms. The lowest BCUT2D eigenvalue weighted by molar-refractivity contribution is 0.555. The van der Waals surface area contributed by atoms with E-state index in [0.717, 1.165) is 11.0 Å². The van der Waals surface area contributed by atoms with Gasteiger partial charge in [0.05, 0.1) is 0 Å². The van der Waals surface area contributed by atoms with Gasteiger partial charge in [0, 0.05) is 29.4 Å². The molecule has 0 aliphatic carbocycles. The zero-order chi connectivity index (χ0) is 11.5. The summed E-state index contributed by atoms with van der Waals surface area (Å²) in [5, 5.41) is 4.09. The van der Waals surface area contributed by atoms with Crippen LogP contribution in [0.5, 0.6) is 0 Å². The van der Waals surface area contributed by atoms with Gasteiger partial charge in [-0.1, -0.05) is 20.8 Å². The highest BCUT2D eigenvalue weighted by molar-refractivity contribution is 7.09. The summed E-state index contributed by atoms with van der Waals surface area (Å²) in [5.74, 6) is 3.50. The van der Waals surface area contributed by atoms with Crippen molar-refractivity contribution in [1.29, 1.82) is 0 Å². The molecule has 3 nitrogen and oxygen atoms in total. The van der Waals surface area contributed by atoms with Gasteiger partial charge in [-0.3, -0.25) is 0 Å². The van der Waals surface area contributed by atoms with E-state index < -0.39 is 0 Å². The van der Waals surface area contributed by atoms with Crippen LogP contribution in [0.1, 0.15) is 39.9 Å². The summed E-state index contributed by atoms with van der Waals surface area (Å²) in [6.45, 7) is 8.34. The Morgan fingerprint density at radius 2 is 2.20 bits per heavy atom. The number of nitrogens with one attached hydrogen (secondary N) is 1. The van der Waals surface area contributed by atoms with Gasteiger partial charge in [0.1, 0.15) is 5.82 Å². The maximum Gasteiger partial charge on any atom is 0.202 e. The summed E-state index contributed by atoms with van der Waals surface area (Å²) in [6, 6.07) is 0.246. The zero-order valence-electron chi connectivity index (χ0n) is 9.66. The van der Waals surface area contributed by atoms with Crippen LogP contribution in [0.25, 0.3) is 0 Å². The molecule has 1 aromatic heterocycles. The van der Waals surface area contributed by atoms with Crippen molar-refractivity contribution in [3.8, 4) is 12.3 Å². The van der Waals surface area contributed by atoms with Crippen LogP contribution in [-0.4, -0.2) is 15.4 Å². The highest BCUT2D eigenvalue weighted by Crippen LogP contribution is 2.23. The summed E-state index contributed by atoms with van der Waals surface area (Å²) in [7, 11) is 0. The molecule has 4 heteroatoms. The maximum atomic E-state index is 5.23. The summed E-state index contributed by atoms with van der Waals surface area (Å²) in [6.07, 6.45) is 5.93. The molecule has 0 fully saturated rings. The lowest BCUT2D eigenvalue weighted by Crippen LogP contribution is -2.16. The molecular weight excluding hydrogens is 206 g/mol. The largest absolute Gasteiger partial charge is 0.357 e. The van der Waals surface area contributed by atoms with Crippen LogP contribution in [-0.2, 0) is 5.41 Å². The number of anilines is 1. The fourth-order valence-corrected chi connectivity index (χ4v) is 1.89. The number of hydrogen-bond acceptors (Lipinski definition) is 4. The molecule has 82 valence electrons. The van der Waals surface area contributed by atoms with Gasteiger partial charge in [0.2, 0.25) is 5.13 Å². The van der Waals surface area contributed by atoms with Crippen molar-refractivity contribution in [2.45, 2.75) is 45.6 Å². The lowest BCUT2D eigenvalue weighted by Gasteiger charge is -2.12. The molecule has 1 rings (SSSR count). The van der Waals surface area contributed by atoms with Crippen molar-refractivity contribution < 1.29 is 0 Å². The lowest BCUT2D eigenvalue weighted by atomic mass is 9.96. The van der Waals surface area contributed by atoms with E-state index in [1.165, 1.54) is 11.5 Å². The normalized spacial score (nSPS) is 13.3. The molecule has 1 aromatic rings. The Labute approximate surface area is 95.5 Å². The summed E-state index contributed by atoms with van der Waals surface area (Å²) in [4.78, 5) is 4.43. The van der Waals surface area contributed by atoms with Crippen molar-refractivity contribution in [1.82, 2.24) is 9.36 Å². The Kier molecular flexibility index (Phi) is 3.70. The van der Waals surface area contributed by atoms with E-state index in [1.54, 1.807) is 0 Å². The Balaban J connectivity index is 2.66. The predicted octanol–water partition coefficient (Wildman–Crippen LogP) is 2.66. The van der Waals surface area contributed by atoms with Gasteiger partial charge in [-0.15, -0.1) is 12.3 Å². The smallest absolute Gasteiger partial charge is 0.202 e. The minimum Gasteiger partial charge on any atom is -0.357 e. The molecule has 0 aliphatic rings. The van der Waals surface area contributed by atoms with Gasteiger partial charge in [-0.05, 0) is 6.92 Å². The fourth-order valence-electron chi connectivity index (χ4n) is 1.03. The van der Waals surface area contributed by atoms with Crippen molar-refractivity contribution in [2.24, 2.45) is 0 Å². The highest BCUT2D eigenvalue weighted by atomic mass is 32.1. The molecule has 0 amide bonds. The van der Waals surface area contributed by atoms with Crippen LogP contribution in [0.4, 0.5) is 5.13 Å². The molecule has 0 radical (unpaired) electrons. The number of aromatic nitrogens is 2. The summed E-state index contributed by atoms with van der Waals surface area (Å²) >= 11 is 1.39. The standard InChI is InChI=1S/C11H17N3S/c1-6-7-8(2)12-10-13-9(14-15-10)11(3,4)5/h1,8H,7H2,2-5H3,(H,12,13,14). The molecule has 1 heterocycles. The Hall–Kier alpha value is -1.08. The van der Waals surface area contributed by atoms with E-state index in [0.29, 0.717) is 6.42 Å². The van der Waals surface area contributed by atoms with Gasteiger partial charge in [0.15, 0.2) is 0 Å². The van der Waals surface area contributed by atoms with Crippen LogP contribution in [0.2, 0.25) is 0 Å². The first-order chi connectivity index (χ1) is 6.93. The van der Waals surface area contributed by atoms with E-state index in [2.05, 4.69) is 41.4 Å². The third-order valence-electron chi connectivity index (χ3n) is 1.89. The molecule has 1 atom stereocenters. The van der Waals surface area contributed by atoms with Gasteiger partial charge in [-0.2, -0.15) is 4.37 Å². The van der Waals surface area contributed by atoms with Crippen molar-refractivity contribution >= 4 is 16.7 Å². The van der Waals surface area contributed by atoms with Crippen molar-refractivity contribution in [3.63, 3.8) is 0 Å². The van der Waals surface area contributed by atoms with Crippen LogP contribution in [0.3, 0.4) is 0 Å². The van der Waals surface area contributed by atoms with Gasteiger partial charge in [-0.25, -0.2) is 4.98 Å². The molecule has 0 aliphatic heterocycles. The first-order valence-electron chi connectivity index (χ1n) is 4.97. The second-order valence-corrected chi connectivity index (χ2v) is 5.38. The number of rotatable bonds is 3. The third-order valence-corrected chi connectivity index (χ3v) is 2.54. The maximum absolute atomic E-state index is 5.23. The summed E-state index contributed by atoms with van der Waals surface area (Å²) in [5.41, 5.74) is 0.00574. The van der Waals surface area contributed by atoms with E-state index in [1.807, 2.05) is 6.92 Å².